The lowest BCUT2D eigenvalue weighted by molar-refractivity contribution is 0.143. The van der Waals surface area contributed by atoms with Crippen LogP contribution in [-0.2, 0) is 0 Å². The molecule has 0 radical (unpaired) electrons. The Morgan fingerprint density at radius 3 is 2.41 bits per heavy atom. The van der Waals surface area contributed by atoms with Gasteiger partial charge in [0, 0.05) is 5.56 Å². The predicted octanol–water partition coefficient (Wildman–Crippen LogP) is 3.62. The minimum atomic E-state index is -0.931. The lowest BCUT2D eigenvalue weighted by atomic mass is 10.1. The van der Waals surface area contributed by atoms with Gasteiger partial charge >= 0.3 is 0 Å². The Morgan fingerprint density at radius 1 is 1.24 bits per heavy atom. The highest BCUT2D eigenvalue weighted by atomic mass is 16.3. The molecule has 90 valence electrons. The smallest absolute Gasteiger partial charge is 0.120 e. The fraction of sp³-hybridized carbons (Fsp3) is 0.375. The van der Waals surface area contributed by atoms with Gasteiger partial charge in [0.1, 0.15) is 5.60 Å². The van der Waals surface area contributed by atoms with Gasteiger partial charge in [0.25, 0.3) is 0 Å². The summed E-state index contributed by atoms with van der Waals surface area (Å²) >= 11 is 0. The van der Waals surface area contributed by atoms with Gasteiger partial charge in [0.2, 0.25) is 0 Å². The van der Waals surface area contributed by atoms with E-state index in [4.69, 9.17) is 0 Å². The second-order valence-electron chi connectivity index (χ2n) is 4.62. The zero-order valence-electron chi connectivity index (χ0n) is 10.8. The third-order valence-electron chi connectivity index (χ3n) is 2.19. The van der Waals surface area contributed by atoms with E-state index in [2.05, 4.69) is 30.9 Å². The number of aliphatic hydroxyl groups is 1. The highest BCUT2D eigenvalue weighted by Gasteiger charge is 2.05. The molecule has 0 aliphatic rings. The van der Waals surface area contributed by atoms with E-state index in [0.717, 1.165) is 12.0 Å². The van der Waals surface area contributed by atoms with Crippen LogP contribution in [0, 0.1) is 11.8 Å². The van der Waals surface area contributed by atoms with Crippen LogP contribution in [0.4, 0.5) is 0 Å². The van der Waals surface area contributed by atoms with Crippen LogP contribution >= 0.6 is 0 Å². The second kappa shape index (κ2) is 6.27. The molecule has 1 aromatic carbocycles. The standard InChI is InChI=1S/C16H20O/c1-4-5-6-7-14-8-10-15(11-9-14)12-13-16(2,3)17/h6-11,17H,4-5H2,1-3H3. The summed E-state index contributed by atoms with van der Waals surface area (Å²) in [5.41, 5.74) is 1.19. The molecule has 1 aromatic rings. The first-order valence-electron chi connectivity index (χ1n) is 6.03. The summed E-state index contributed by atoms with van der Waals surface area (Å²) in [6.45, 7) is 5.53. The van der Waals surface area contributed by atoms with E-state index in [1.54, 1.807) is 13.8 Å². The fourth-order valence-corrected chi connectivity index (χ4v) is 1.29. The minimum absolute atomic E-state index is 0.930. The Labute approximate surface area is 104 Å². The van der Waals surface area contributed by atoms with E-state index in [1.807, 2.05) is 24.3 Å². The largest absolute Gasteiger partial charge is 0.378 e. The average Bonchev–Trinajstić information content (AvgIpc) is 2.27. The van der Waals surface area contributed by atoms with Crippen molar-refractivity contribution in [2.45, 2.75) is 39.2 Å². The Kier molecular flexibility index (Phi) is 5.00. The maximum atomic E-state index is 9.49. The monoisotopic (exact) mass is 228 g/mol. The van der Waals surface area contributed by atoms with Gasteiger partial charge in [-0.15, -0.1) is 0 Å². The van der Waals surface area contributed by atoms with Gasteiger partial charge in [-0.05, 0) is 38.0 Å². The van der Waals surface area contributed by atoms with Crippen LogP contribution in [0.3, 0.4) is 0 Å². The molecule has 0 saturated heterocycles. The summed E-state index contributed by atoms with van der Waals surface area (Å²) in [6.07, 6.45) is 6.58. The highest BCUT2D eigenvalue weighted by molar-refractivity contribution is 5.51. The quantitative estimate of drug-likeness (QED) is 0.783. The van der Waals surface area contributed by atoms with Crippen LogP contribution in [0.1, 0.15) is 44.7 Å². The Hall–Kier alpha value is -1.52. The molecule has 1 heteroatoms. The first-order valence-corrected chi connectivity index (χ1v) is 6.03. The van der Waals surface area contributed by atoms with Crippen LogP contribution in [0.2, 0.25) is 0 Å². The first kappa shape index (κ1) is 13.5. The SMILES string of the molecule is CCCC=Cc1ccc(C#CC(C)(C)O)cc1. The average molecular weight is 228 g/mol. The van der Waals surface area contributed by atoms with Crippen molar-refractivity contribution < 1.29 is 5.11 Å². The third-order valence-corrected chi connectivity index (χ3v) is 2.19. The van der Waals surface area contributed by atoms with Crippen molar-refractivity contribution in [1.29, 1.82) is 0 Å². The van der Waals surface area contributed by atoms with Gasteiger partial charge in [-0.3, -0.25) is 0 Å². The van der Waals surface area contributed by atoms with Crippen LogP contribution in [0.5, 0.6) is 0 Å². The van der Waals surface area contributed by atoms with Gasteiger partial charge in [0.15, 0.2) is 0 Å². The molecule has 0 heterocycles. The molecule has 1 nitrogen and oxygen atoms in total. The lowest BCUT2D eigenvalue weighted by Crippen LogP contribution is -2.14. The Morgan fingerprint density at radius 2 is 1.88 bits per heavy atom. The molecular formula is C16H20O. The number of benzene rings is 1. The van der Waals surface area contributed by atoms with Crippen molar-refractivity contribution in [2.75, 3.05) is 0 Å². The molecule has 0 amide bonds. The van der Waals surface area contributed by atoms with Gasteiger partial charge < -0.3 is 5.11 Å². The van der Waals surface area contributed by atoms with Crippen LogP contribution in [0.25, 0.3) is 6.08 Å². The van der Waals surface area contributed by atoms with E-state index >= 15 is 0 Å². The molecule has 0 saturated carbocycles. The van der Waals surface area contributed by atoms with Crippen LogP contribution in [-0.4, -0.2) is 10.7 Å². The maximum Gasteiger partial charge on any atom is 0.120 e. The summed E-state index contributed by atoms with van der Waals surface area (Å²) in [7, 11) is 0. The van der Waals surface area contributed by atoms with Crippen molar-refractivity contribution in [3.63, 3.8) is 0 Å². The van der Waals surface area contributed by atoms with E-state index in [0.29, 0.717) is 0 Å². The van der Waals surface area contributed by atoms with Crippen molar-refractivity contribution >= 4 is 6.08 Å². The molecular weight excluding hydrogens is 208 g/mol. The molecule has 1 rings (SSSR count). The number of hydrogen-bond donors (Lipinski definition) is 1. The summed E-state index contributed by atoms with van der Waals surface area (Å²) < 4.78 is 0. The fourth-order valence-electron chi connectivity index (χ4n) is 1.29. The maximum absolute atomic E-state index is 9.49. The molecule has 0 fully saturated rings. The van der Waals surface area contributed by atoms with Crippen molar-refractivity contribution in [3.05, 3.63) is 41.5 Å². The topological polar surface area (TPSA) is 20.2 Å². The normalized spacial score (nSPS) is 11.3. The van der Waals surface area contributed by atoms with Crippen LogP contribution < -0.4 is 0 Å². The summed E-state index contributed by atoms with van der Waals surface area (Å²) in [5, 5.41) is 9.49. The number of unbranched alkanes of at least 4 members (excludes halogenated alkanes) is 1. The molecule has 1 N–H and O–H groups in total. The summed E-state index contributed by atoms with van der Waals surface area (Å²) in [5.74, 6) is 5.75. The third kappa shape index (κ3) is 5.94. The Balaban J connectivity index is 2.71. The van der Waals surface area contributed by atoms with Gasteiger partial charge in [-0.2, -0.15) is 0 Å². The zero-order valence-corrected chi connectivity index (χ0v) is 10.8. The number of allylic oxidation sites excluding steroid dienone is 1. The summed E-state index contributed by atoms with van der Waals surface area (Å²) in [6, 6.07) is 8.04. The highest BCUT2D eigenvalue weighted by Crippen LogP contribution is 2.07. The second-order valence-corrected chi connectivity index (χ2v) is 4.62. The zero-order chi connectivity index (χ0) is 12.7. The Bertz CT molecular complexity index is 421. The van der Waals surface area contributed by atoms with E-state index < -0.39 is 5.60 Å². The molecule has 0 bridgehead atoms. The summed E-state index contributed by atoms with van der Waals surface area (Å²) in [4.78, 5) is 0. The van der Waals surface area contributed by atoms with E-state index in [9.17, 15) is 5.11 Å². The van der Waals surface area contributed by atoms with Crippen molar-refractivity contribution in [2.24, 2.45) is 0 Å². The van der Waals surface area contributed by atoms with Crippen molar-refractivity contribution in [1.82, 2.24) is 0 Å². The first-order chi connectivity index (χ1) is 8.01. The molecule has 0 aliphatic carbocycles. The minimum Gasteiger partial charge on any atom is -0.378 e. The molecule has 0 aromatic heterocycles. The molecule has 17 heavy (non-hydrogen) atoms. The number of hydrogen-bond acceptors (Lipinski definition) is 1. The molecule has 0 unspecified atom stereocenters. The number of rotatable bonds is 3. The van der Waals surface area contributed by atoms with Crippen molar-refractivity contribution in [3.8, 4) is 11.8 Å². The molecule has 0 spiro atoms. The lowest BCUT2D eigenvalue weighted by Gasteiger charge is -2.05. The van der Waals surface area contributed by atoms with E-state index in [1.165, 1.54) is 12.0 Å². The van der Waals surface area contributed by atoms with Crippen LogP contribution in [0.15, 0.2) is 30.3 Å². The molecule has 0 aliphatic heterocycles. The van der Waals surface area contributed by atoms with Gasteiger partial charge in [-0.1, -0.05) is 49.5 Å². The van der Waals surface area contributed by atoms with Gasteiger partial charge in [0.05, 0.1) is 0 Å². The molecule has 0 atom stereocenters. The van der Waals surface area contributed by atoms with Gasteiger partial charge in [-0.25, -0.2) is 0 Å². The van der Waals surface area contributed by atoms with E-state index in [-0.39, 0.29) is 0 Å². The predicted molar refractivity (Wildman–Crippen MR) is 73.6 cm³/mol.